The van der Waals surface area contributed by atoms with Crippen molar-refractivity contribution in [2.75, 3.05) is 0 Å². The molecule has 2 aromatic rings. The summed E-state index contributed by atoms with van der Waals surface area (Å²) in [5, 5.41) is 3.12. The number of hydrogen-bond donors (Lipinski definition) is 1. The maximum atomic E-state index is 12.1. The summed E-state index contributed by atoms with van der Waals surface area (Å²) in [6, 6.07) is 10.2. The summed E-state index contributed by atoms with van der Waals surface area (Å²) in [6.45, 7) is 2.07. The monoisotopic (exact) mass is 255 g/mol. The topological polar surface area (TPSA) is 42.2 Å². The Morgan fingerprint density at radius 3 is 2.58 bits per heavy atom. The molecular weight excluding hydrogens is 238 g/mol. The van der Waals surface area contributed by atoms with E-state index in [0.29, 0.717) is 11.5 Å². The minimum Gasteiger partial charge on any atom is -0.472 e. The smallest absolute Gasteiger partial charge is 0.255 e. The summed E-state index contributed by atoms with van der Waals surface area (Å²) in [4.78, 5) is 12.1. The summed E-state index contributed by atoms with van der Waals surface area (Å²) >= 11 is 0. The maximum Gasteiger partial charge on any atom is 0.255 e. The minimum absolute atomic E-state index is 0.0637. The fraction of sp³-hybridized carbons (Fsp3) is 0.312. The number of nitrogens with one attached hydrogen (secondary N) is 1. The van der Waals surface area contributed by atoms with Crippen molar-refractivity contribution in [2.45, 2.75) is 25.8 Å². The molecule has 0 bridgehead atoms. The number of rotatable bonds is 4. The van der Waals surface area contributed by atoms with E-state index in [-0.39, 0.29) is 11.9 Å². The van der Waals surface area contributed by atoms with Crippen LogP contribution in [0.3, 0.4) is 0 Å². The molecule has 1 amide bonds. The molecule has 3 heteroatoms. The normalized spacial score (nSPS) is 16.1. The predicted octanol–water partition coefficient (Wildman–Crippen LogP) is 3.47. The van der Waals surface area contributed by atoms with Gasteiger partial charge in [0, 0.05) is 0 Å². The Hall–Kier alpha value is -2.03. The molecule has 19 heavy (non-hydrogen) atoms. The third-order valence-electron chi connectivity index (χ3n) is 3.60. The Balaban J connectivity index is 1.78. The average Bonchev–Trinajstić information content (AvgIpc) is 3.10. The second-order valence-electron chi connectivity index (χ2n) is 5.21. The Kier molecular flexibility index (Phi) is 3.11. The SMILES string of the molecule is Cc1ccc(C(NC(=O)c2ccoc2)C2CC2)cc1. The van der Waals surface area contributed by atoms with Gasteiger partial charge in [-0.1, -0.05) is 29.8 Å². The van der Waals surface area contributed by atoms with Crippen LogP contribution in [0.4, 0.5) is 0 Å². The molecule has 1 unspecified atom stereocenters. The van der Waals surface area contributed by atoms with Gasteiger partial charge < -0.3 is 9.73 Å². The van der Waals surface area contributed by atoms with Crippen molar-refractivity contribution in [1.29, 1.82) is 0 Å². The molecule has 1 N–H and O–H groups in total. The third-order valence-corrected chi connectivity index (χ3v) is 3.60. The largest absolute Gasteiger partial charge is 0.472 e. The predicted molar refractivity (Wildman–Crippen MR) is 72.8 cm³/mol. The first-order valence-electron chi connectivity index (χ1n) is 6.63. The second kappa shape index (κ2) is 4.92. The summed E-state index contributed by atoms with van der Waals surface area (Å²) in [6.07, 6.45) is 5.37. The van der Waals surface area contributed by atoms with Crippen LogP contribution in [0.15, 0.2) is 47.3 Å². The lowest BCUT2D eigenvalue weighted by atomic mass is 10.0. The lowest BCUT2D eigenvalue weighted by Gasteiger charge is -2.18. The zero-order valence-corrected chi connectivity index (χ0v) is 10.9. The van der Waals surface area contributed by atoms with Gasteiger partial charge in [0.1, 0.15) is 6.26 Å². The molecule has 1 aliphatic carbocycles. The van der Waals surface area contributed by atoms with Gasteiger partial charge in [-0.3, -0.25) is 4.79 Å². The average molecular weight is 255 g/mol. The molecule has 1 fully saturated rings. The van der Waals surface area contributed by atoms with E-state index < -0.39 is 0 Å². The standard InChI is InChI=1S/C16H17NO2/c1-11-2-4-12(5-3-11)15(13-6-7-13)17-16(18)14-8-9-19-10-14/h2-5,8-10,13,15H,6-7H2,1H3,(H,17,18). The molecule has 1 atom stereocenters. The zero-order valence-electron chi connectivity index (χ0n) is 10.9. The lowest BCUT2D eigenvalue weighted by Crippen LogP contribution is -2.29. The maximum absolute atomic E-state index is 12.1. The van der Waals surface area contributed by atoms with Gasteiger partial charge in [-0.15, -0.1) is 0 Å². The Morgan fingerprint density at radius 1 is 1.26 bits per heavy atom. The van der Waals surface area contributed by atoms with Crippen LogP contribution >= 0.6 is 0 Å². The van der Waals surface area contributed by atoms with Crippen LogP contribution in [0.5, 0.6) is 0 Å². The van der Waals surface area contributed by atoms with E-state index in [1.807, 2.05) is 0 Å². The molecule has 3 rings (SSSR count). The van der Waals surface area contributed by atoms with E-state index in [2.05, 4.69) is 36.5 Å². The fourth-order valence-corrected chi connectivity index (χ4v) is 2.29. The van der Waals surface area contributed by atoms with Crippen molar-refractivity contribution >= 4 is 5.91 Å². The third kappa shape index (κ3) is 2.70. The van der Waals surface area contributed by atoms with Crippen LogP contribution in [0.1, 0.15) is 40.4 Å². The van der Waals surface area contributed by atoms with Crippen molar-refractivity contribution in [3.05, 3.63) is 59.5 Å². The number of furan rings is 1. The fourth-order valence-electron chi connectivity index (χ4n) is 2.29. The van der Waals surface area contributed by atoms with Crippen molar-refractivity contribution in [1.82, 2.24) is 5.32 Å². The number of carbonyl (C=O) groups is 1. The highest BCUT2D eigenvalue weighted by molar-refractivity contribution is 5.94. The molecule has 98 valence electrons. The summed E-state index contributed by atoms with van der Waals surface area (Å²) in [7, 11) is 0. The minimum atomic E-state index is -0.0637. The van der Waals surface area contributed by atoms with E-state index >= 15 is 0 Å². The molecule has 1 aromatic carbocycles. The van der Waals surface area contributed by atoms with E-state index in [1.165, 1.54) is 36.5 Å². The first-order chi connectivity index (χ1) is 9.24. The molecule has 0 aliphatic heterocycles. The van der Waals surface area contributed by atoms with Gasteiger partial charge in [0.25, 0.3) is 5.91 Å². The second-order valence-corrected chi connectivity index (χ2v) is 5.21. The highest BCUT2D eigenvalue weighted by atomic mass is 16.3. The van der Waals surface area contributed by atoms with Gasteiger partial charge >= 0.3 is 0 Å². The number of carbonyl (C=O) groups excluding carboxylic acids is 1. The number of amides is 1. The molecule has 1 heterocycles. The van der Waals surface area contributed by atoms with Gasteiger partial charge in [0.2, 0.25) is 0 Å². The Bertz CT molecular complexity index is 553. The van der Waals surface area contributed by atoms with Crippen molar-refractivity contribution < 1.29 is 9.21 Å². The molecule has 0 saturated heterocycles. The lowest BCUT2D eigenvalue weighted by molar-refractivity contribution is 0.0931. The van der Waals surface area contributed by atoms with E-state index in [0.717, 1.165) is 0 Å². The van der Waals surface area contributed by atoms with Crippen LogP contribution in [0.2, 0.25) is 0 Å². The van der Waals surface area contributed by atoms with Gasteiger partial charge in [0.15, 0.2) is 0 Å². The van der Waals surface area contributed by atoms with E-state index in [1.54, 1.807) is 6.07 Å². The van der Waals surface area contributed by atoms with Crippen LogP contribution in [-0.4, -0.2) is 5.91 Å². The summed E-state index contributed by atoms with van der Waals surface area (Å²) in [5.41, 5.74) is 3.00. The van der Waals surface area contributed by atoms with Gasteiger partial charge in [-0.25, -0.2) is 0 Å². The van der Waals surface area contributed by atoms with E-state index in [9.17, 15) is 4.79 Å². The molecule has 3 nitrogen and oxygen atoms in total. The van der Waals surface area contributed by atoms with Crippen molar-refractivity contribution in [3.63, 3.8) is 0 Å². The van der Waals surface area contributed by atoms with E-state index in [4.69, 9.17) is 4.42 Å². The molecule has 0 spiro atoms. The molecular formula is C16H17NO2. The summed E-state index contributed by atoms with van der Waals surface area (Å²) in [5.74, 6) is 0.504. The number of hydrogen-bond acceptors (Lipinski definition) is 2. The Labute approximate surface area is 112 Å². The van der Waals surface area contributed by atoms with Crippen LogP contribution < -0.4 is 5.32 Å². The van der Waals surface area contributed by atoms with Gasteiger partial charge in [0.05, 0.1) is 17.9 Å². The molecule has 1 aliphatic rings. The highest BCUT2D eigenvalue weighted by Gasteiger charge is 2.33. The first kappa shape index (κ1) is 12.0. The van der Waals surface area contributed by atoms with Crippen molar-refractivity contribution in [3.8, 4) is 0 Å². The highest BCUT2D eigenvalue weighted by Crippen LogP contribution is 2.41. The Morgan fingerprint density at radius 2 is 2.00 bits per heavy atom. The zero-order chi connectivity index (χ0) is 13.2. The summed E-state index contributed by atoms with van der Waals surface area (Å²) < 4.78 is 4.95. The van der Waals surface area contributed by atoms with Crippen LogP contribution in [0.25, 0.3) is 0 Å². The van der Waals surface area contributed by atoms with Crippen LogP contribution in [-0.2, 0) is 0 Å². The quantitative estimate of drug-likeness (QED) is 0.909. The molecule has 0 radical (unpaired) electrons. The van der Waals surface area contributed by atoms with Crippen molar-refractivity contribution in [2.24, 2.45) is 5.92 Å². The van der Waals surface area contributed by atoms with Crippen LogP contribution in [0, 0.1) is 12.8 Å². The molecule has 1 saturated carbocycles. The first-order valence-corrected chi connectivity index (χ1v) is 6.63. The van der Waals surface area contributed by atoms with Gasteiger partial charge in [-0.05, 0) is 37.3 Å². The molecule has 1 aromatic heterocycles. The van der Waals surface area contributed by atoms with Gasteiger partial charge in [-0.2, -0.15) is 0 Å². The number of benzene rings is 1. The number of aryl methyl sites for hydroxylation is 1.